The summed E-state index contributed by atoms with van der Waals surface area (Å²) in [6.45, 7) is 10.3. The molecule has 5 aromatic rings. The lowest BCUT2D eigenvalue weighted by Gasteiger charge is -2.54. The molecule has 0 nitrogen and oxygen atoms in total. The van der Waals surface area contributed by atoms with Crippen LogP contribution < -0.4 is 0 Å². The zero-order valence-electron chi connectivity index (χ0n) is 26.8. The Morgan fingerprint density at radius 1 is 0.341 bits per heavy atom. The van der Waals surface area contributed by atoms with E-state index in [9.17, 15) is 0 Å². The lowest BCUT2D eigenvalue weighted by molar-refractivity contribution is 0.229. The molecule has 6 bridgehead atoms. The molecule has 0 amide bonds. The van der Waals surface area contributed by atoms with E-state index in [-0.39, 0.29) is 0 Å². The van der Waals surface area contributed by atoms with Crippen molar-refractivity contribution in [2.24, 2.45) is 0 Å². The van der Waals surface area contributed by atoms with Gasteiger partial charge in [-0.25, -0.2) is 0 Å². The summed E-state index contributed by atoms with van der Waals surface area (Å²) >= 11 is 0. The van der Waals surface area contributed by atoms with Gasteiger partial charge in [0, 0.05) is 0 Å². The second-order valence-electron chi connectivity index (χ2n) is 15.3. The molecule has 3 aliphatic heterocycles. The highest BCUT2D eigenvalue weighted by Gasteiger charge is 2.52. The number of benzene rings is 5. The third kappa shape index (κ3) is 6.07. The first kappa shape index (κ1) is 29.3. The Labute approximate surface area is 267 Å². The van der Waals surface area contributed by atoms with Crippen molar-refractivity contribution in [3.8, 4) is 0 Å². The maximum absolute atomic E-state index is 2.58. The molecule has 0 spiro atoms. The van der Waals surface area contributed by atoms with Crippen molar-refractivity contribution in [2.45, 2.75) is 74.0 Å². The third-order valence-corrected chi connectivity index (χ3v) is 15.8. The van der Waals surface area contributed by atoms with Crippen LogP contribution in [0.15, 0.2) is 133 Å². The summed E-state index contributed by atoms with van der Waals surface area (Å²) in [5, 5.41) is 0. The summed E-state index contributed by atoms with van der Waals surface area (Å²) in [6, 6.07) is 56.9. The van der Waals surface area contributed by atoms with E-state index in [1.54, 1.807) is 0 Å². The molecule has 0 N–H and O–H groups in total. The van der Waals surface area contributed by atoms with Crippen molar-refractivity contribution in [1.82, 2.24) is 0 Å². The Kier molecular flexibility index (Phi) is 7.85. The Hall–Kier alpha value is -3.47. The maximum Gasteiger partial charge on any atom is 0.0561 e. The van der Waals surface area contributed by atoms with Crippen LogP contribution in [0.4, 0.5) is 0 Å². The lowest BCUT2D eigenvalue weighted by atomic mass is 9.49. The van der Waals surface area contributed by atoms with Gasteiger partial charge in [-0.1, -0.05) is 182 Å². The van der Waals surface area contributed by atoms with Crippen LogP contribution in [-0.2, 0) is 24.2 Å². The number of hydrogen-bond acceptors (Lipinski definition) is 0. The fourth-order valence-electron chi connectivity index (χ4n) is 8.66. The van der Waals surface area contributed by atoms with Gasteiger partial charge in [-0.05, 0) is 70.1 Å². The van der Waals surface area contributed by atoms with E-state index >= 15 is 0 Å². The minimum absolute atomic E-state index is 0.446. The molecule has 0 saturated heterocycles. The molecule has 4 atom stereocenters. The summed E-state index contributed by atoms with van der Waals surface area (Å²) in [6.07, 6.45) is 0. The Morgan fingerprint density at radius 2 is 0.659 bits per heavy atom. The van der Waals surface area contributed by atoms with Gasteiger partial charge in [0.2, 0.25) is 0 Å². The van der Waals surface area contributed by atoms with Crippen molar-refractivity contribution < 1.29 is 0 Å². The van der Waals surface area contributed by atoms with Gasteiger partial charge in [0.25, 0.3) is 0 Å². The second kappa shape index (κ2) is 11.8. The van der Waals surface area contributed by atoms with Gasteiger partial charge in [-0.3, -0.25) is 0 Å². The van der Waals surface area contributed by atoms with E-state index in [0.717, 1.165) is 0 Å². The average molecular weight is 607 g/mol. The van der Waals surface area contributed by atoms with Crippen LogP contribution in [-0.4, -0.2) is 16.1 Å². The van der Waals surface area contributed by atoms with Crippen molar-refractivity contribution in [3.05, 3.63) is 178 Å². The van der Waals surface area contributed by atoms with Crippen molar-refractivity contribution in [2.75, 3.05) is 0 Å². The fourth-order valence-corrected chi connectivity index (χ4v) is 14.2. The van der Waals surface area contributed by atoms with E-state index in [0.29, 0.717) is 23.7 Å². The predicted molar refractivity (Wildman–Crippen MR) is 193 cm³/mol. The second-order valence-corrected chi connectivity index (χ2v) is 25.3. The number of hydrogen-bond donors (Lipinski definition) is 0. The fraction of sp³-hybridized carbons (Fsp3) is 0.286. The summed E-state index contributed by atoms with van der Waals surface area (Å²) in [7, 11) is -2.96. The Bertz CT molecular complexity index is 1580. The average Bonchev–Trinajstić information content (AvgIpc) is 2.98. The summed E-state index contributed by atoms with van der Waals surface area (Å²) in [4.78, 5) is 0. The standard InChI is InChI=1S/C42H46Si2/c1-43(2)27-31-18-22-37(23-19-31)41-39(35-14-7-5-8-15-35)40(36-16-9-6-10-17-36)42(41)38-24-20-32(21-25-38)28-44(3,4)30-34-13-11-12-33(26-34)29-43/h5-26,39-42H,27-30H2,1-4H3/t39-,40+,41+,42-. The van der Waals surface area contributed by atoms with E-state index in [1.165, 1.54) is 68.7 Å². The topological polar surface area (TPSA) is 0 Å². The maximum atomic E-state index is 2.58. The van der Waals surface area contributed by atoms with Crippen molar-refractivity contribution in [1.29, 1.82) is 0 Å². The van der Waals surface area contributed by atoms with E-state index in [2.05, 4.69) is 160 Å². The molecule has 0 aromatic heterocycles. The van der Waals surface area contributed by atoms with Crippen LogP contribution in [0.5, 0.6) is 0 Å². The molecule has 44 heavy (non-hydrogen) atoms. The minimum Gasteiger partial charge on any atom is -0.0689 e. The Morgan fingerprint density at radius 3 is 1.02 bits per heavy atom. The largest absolute Gasteiger partial charge is 0.0689 e. The quantitative estimate of drug-likeness (QED) is 0.175. The molecule has 0 radical (unpaired) electrons. The van der Waals surface area contributed by atoms with Crippen LogP contribution in [0.1, 0.15) is 68.2 Å². The van der Waals surface area contributed by atoms with Gasteiger partial charge in [0.15, 0.2) is 0 Å². The number of rotatable bonds is 2. The summed E-state index contributed by atoms with van der Waals surface area (Å²) < 4.78 is 0. The van der Waals surface area contributed by atoms with E-state index < -0.39 is 16.1 Å². The third-order valence-electron chi connectivity index (χ3n) is 10.4. The molecule has 222 valence electrons. The van der Waals surface area contributed by atoms with Crippen LogP contribution in [0.2, 0.25) is 26.2 Å². The molecule has 9 rings (SSSR count). The zero-order valence-corrected chi connectivity index (χ0v) is 28.8. The molecule has 2 heteroatoms. The van der Waals surface area contributed by atoms with Crippen LogP contribution in [0, 0.1) is 0 Å². The first-order valence-electron chi connectivity index (χ1n) is 16.6. The highest BCUT2D eigenvalue weighted by atomic mass is 28.3. The molecule has 1 saturated carbocycles. The van der Waals surface area contributed by atoms with Crippen LogP contribution in [0.3, 0.4) is 0 Å². The highest BCUT2D eigenvalue weighted by Crippen LogP contribution is 2.66. The number of fused-ring (bicyclic) bond motifs is 2. The molecular weight excluding hydrogens is 561 g/mol. The molecule has 4 aliphatic rings. The summed E-state index contributed by atoms with van der Waals surface area (Å²) in [5.41, 5.74) is 12.0. The van der Waals surface area contributed by atoms with Crippen molar-refractivity contribution in [3.63, 3.8) is 0 Å². The smallest absolute Gasteiger partial charge is 0.0561 e. The highest BCUT2D eigenvalue weighted by molar-refractivity contribution is 6.76. The van der Waals surface area contributed by atoms with Gasteiger partial charge < -0.3 is 0 Å². The first-order valence-corrected chi connectivity index (χ1v) is 23.4. The molecule has 0 unspecified atom stereocenters. The molecular formula is C42H46Si2. The zero-order chi connectivity index (χ0) is 30.3. The first-order chi connectivity index (χ1) is 21.2. The minimum atomic E-state index is -1.48. The van der Waals surface area contributed by atoms with Gasteiger partial charge >= 0.3 is 0 Å². The Balaban J connectivity index is 1.34. The van der Waals surface area contributed by atoms with Gasteiger partial charge in [-0.2, -0.15) is 0 Å². The molecule has 3 heterocycles. The predicted octanol–water partition coefficient (Wildman–Crippen LogP) is 10.6. The van der Waals surface area contributed by atoms with E-state index in [4.69, 9.17) is 0 Å². The monoisotopic (exact) mass is 606 g/mol. The molecule has 1 aliphatic carbocycles. The van der Waals surface area contributed by atoms with Crippen LogP contribution >= 0.6 is 0 Å². The SMILES string of the molecule is C[Si]1(C)Cc2ccc(cc2)[C@@H]2[C@@H](c3ccccc3)[C@@H](c3ccccc3)[C@@H]2c2ccc(cc2)C[Si](C)(C)Cc2cccc(c2)C1. The summed E-state index contributed by atoms with van der Waals surface area (Å²) in [5.74, 6) is 1.79. The van der Waals surface area contributed by atoms with Crippen molar-refractivity contribution >= 4 is 16.1 Å². The normalized spacial score (nSPS) is 23.9. The van der Waals surface area contributed by atoms with Gasteiger partial charge in [0.05, 0.1) is 16.1 Å². The van der Waals surface area contributed by atoms with Crippen LogP contribution in [0.25, 0.3) is 0 Å². The lowest BCUT2D eigenvalue weighted by Crippen LogP contribution is -2.40. The molecule has 1 fully saturated rings. The van der Waals surface area contributed by atoms with Gasteiger partial charge in [-0.15, -0.1) is 0 Å². The van der Waals surface area contributed by atoms with E-state index in [1.807, 2.05) is 0 Å². The van der Waals surface area contributed by atoms with Gasteiger partial charge in [0.1, 0.15) is 0 Å². The molecule has 5 aromatic carbocycles.